The largest absolute Gasteiger partial charge is 1.00 e. The molecule has 25 heavy (non-hydrogen) atoms. The van der Waals surface area contributed by atoms with E-state index >= 15 is 0 Å². The van der Waals surface area contributed by atoms with Crippen LogP contribution in [0.25, 0.3) is 0 Å². The average Bonchev–Trinajstić information content (AvgIpc) is 3.04. The predicted molar refractivity (Wildman–Crippen MR) is 91.5 cm³/mol. The molecule has 0 radical (unpaired) electrons. The molecule has 7 heteroatoms. The van der Waals surface area contributed by atoms with E-state index in [2.05, 4.69) is 4.98 Å². The molecule has 0 aliphatic heterocycles. The number of carboxylic acid groups (broad SMARTS) is 1. The minimum Gasteiger partial charge on any atom is -0.542 e. The average molecular weight is 382 g/mol. The number of benzene rings is 2. The molecule has 0 fully saturated rings. The van der Waals surface area contributed by atoms with Crippen LogP contribution in [0, 0.1) is 0 Å². The van der Waals surface area contributed by atoms with E-state index in [4.69, 9.17) is 16.3 Å². The van der Waals surface area contributed by atoms with Crippen LogP contribution in [-0.4, -0.2) is 11.0 Å². The molecule has 0 aliphatic rings. The van der Waals surface area contributed by atoms with Crippen LogP contribution in [0.4, 0.5) is 0 Å². The molecule has 0 amide bonds. The maximum absolute atomic E-state index is 10.8. The van der Waals surface area contributed by atoms with Gasteiger partial charge in [0.15, 0.2) is 0 Å². The number of carbonyl (C=O) groups is 1. The van der Waals surface area contributed by atoms with Crippen molar-refractivity contribution in [1.82, 2.24) is 4.98 Å². The monoisotopic (exact) mass is 381 g/mol. The van der Waals surface area contributed by atoms with Crippen LogP contribution in [0.15, 0.2) is 53.9 Å². The molecule has 0 N–H and O–H groups in total. The summed E-state index contributed by atoms with van der Waals surface area (Å²) in [7, 11) is 0. The summed E-state index contributed by atoms with van der Waals surface area (Å²) in [6.07, 6.45) is 0.439. The first-order chi connectivity index (χ1) is 11.6. The molecule has 1 aromatic heterocycles. The number of carboxylic acids is 1. The van der Waals surface area contributed by atoms with Gasteiger partial charge in [0.2, 0.25) is 0 Å². The minimum absolute atomic E-state index is 0. The van der Waals surface area contributed by atoms with Gasteiger partial charge in [-0.25, -0.2) is 4.98 Å². The fourth-order valence-corrected chi connectivity index (χ4v) is 3.08. The van der Waals surface area contributed by atoms with Gasteiger partial charge in [0.05, 0.1) is 5.69 Å². The summed E-state index contributed by atoms with van der Waals surface area (Å²) in [5.74, 6) is -0.566. The molecule has 1 heterocycles. The molecular formula is C18H13ClNNaO3S. The topological polar surface area (TPSA) is 62.2 Å². The Morgan fingerprint density at radius 3 is 2.64 bits per heavy atom. The van der Waals surface area contributed by atoms with Crippen LogP contribution in [0.5, 0.6) is 5.75 Å². The van der Waals surface area contributed by atoms with Crippen molar-refractivity contribution >= 4 is 28.9 Å². The molecule has 0 unspecified atom stereocenters. The quantitative estimate of drug-likeness (QED) is 0.577. The summed E-state index contributed by atoms with van der Waals surface area (Å²) in [4.78, 5) is 14.9. The molecule has 2 aromatic carbocycles. The summed E-state index contributed by atoms with van der Waals surface area (Å²) in [6.45, 7) is 0.441. The number of ether oxygens (including phenoxy) is 1. The van der Waals surface area contributed by atoms with Crippen molar-refractivity contribution in [3.05, 3.63) is 80.8 Å². The maximum atomic E-state index is 10.8. The van der Waals surface area contributed by atoms with Gasteiger partial charge < -0.3 is 14.6 Å². The molecular weight excluding hydrogens is 369 g/mol. The summed E-state index contributed by atoms with van der Waals surface area (Å²) in [5.41, 5.74) is 2.56. The van der Waals surface area contributed by atoms with Crippen LogP contribution < -0.4 is 39.4 Å². The Balaban J connectivity index is 0.00000225. The molecule has 0 saturated carbocycles. The van der Waals surface area contributed by atoms with E-state index in [1.807, 2.05) is 36.4 Å². The summed E-state index contributed by atoms with van der Waals surface area (Å²) < 4.78 is 5.89. The van der Waals surface area contributed by atoms with Crippen LogP contribution in [0.2, 0.25) is 5.02 Å². The first-order valence-electron chi connectivity index (χ1n) is 7.23. The van der Waals surface area contributed by atoms with Gasteiger partial charge >= 0.3 is 29.6 Å². The first-order valence-corrected chi connectivity index (χ1v) is 8.48. The Morgan fingerprint density at radius 2 is 1.96 bits per heavy atom. The SMILES string of the molecule is O=C([O-])c1nc(Cc2cc(Cl)ccc2OCc2ccccc2)cs1.[Na+]. The number of rotatable bonds is 6. The van der Waals surface area contributed by atoms with E-state index in [1.54, 1.807) is 17.5 Å². The van der Waals surface area contributed by atoms with Crippen LogP contribution in [0.1, 0.15) is 26.6 Å². The van der Waals surface area contributed by atoms with E-state index in [9.17, 15) is 9.90 Å². The van der Waals surface area contributed by atoms with Gasteiger partial charge in [-0.05, 0) is 23.8 Å². The van der Waals surface area contributed by atoms with Gasteiger partial charge in [-0.2, -0.15) is 0 Å². The standard InChI is InChI=1S/C18H14ClNO3S.Na/c19-14-6-7-16(23-10-12-4-2-1-3-5-12)13(8-14)9-15-11-24-17(20-15)18(21)22;/h1-8,11H,9-10H2,(H,21,22);/q;+1/p-1. The van der Waals surface area contributed by atoms with Crippen molar-refractivity contribution in [3.8, 4) is 5.75 Å². The third kappa shape index (κ3) is 5.56. The van der Waals surface area contributed by atoms with Gasteiger partial charge in [0.25, 0.3) is 0 Å². The minimum atomic E-state index is -1.27. The Morgan fingerprint density at radius 1 is 1.20 bits per heavy atom. The van der Waals surface area contributed by atoms with E-state index in [-0.39, 0.29) is 34.6 Å². The Kier molecular flexibility index (Phi) is 7.47. The Hall–Kier alpha value is -1.37. The number of carbonyl (C=O) groups excluding carboxylic acids is 1. The van der Waals surface area contributed by atoms with Crippen molar-refractivity contribution in [1.29, 1.82) is 0 Å². The second-order valence-corrected chi connectivity index (χ2v) is 6.43. The van der Waals surface area contributed by atoms with Gasteiger partial charge in [-0.15, -0.1) is 11.3 Å². The predicted octanol–water partition coefficient (Wildman–Crippen LogP) is 0.334. The second kappa shape index (κ2) is 9.36. The van der Waals surface area contributed by atoms with E-state index in [0.29, 0.717) is 29.5 Å². The third-order valence-corrected chi connectivity index (χ3v) is 4.46. The normalized spacial score (nSPS) is 10.1. The smallest absolute Gasteiger partial charge is 0.542 e. The molecule has 122 valence electrons. The van der Waals surface area contributed by atoms with Gasteiger partial charge in [-0.1, -0.05) is 41.9 Å². The number of hydrogen-bond donors (Lipinski definition) is 0. The molecule has 3 rings (SSSR count). The van der Waals surface area contributed by atoms with Gasteiger partial charge in [0.1, 0.15) is 23.3 Å². The molecule has 3 aromatic rings. The van der Waals surface area contributed by atoms with Gasteiger partial charge in [0, 0.05) is 22.4 Å². The molecule has 0 bridgehead atoms. The molecule has 0 aliphatic carbocycles. The van der Waals surface area contributed by atoms with E-state index < -0.39 is 5.97 Å². The third-order valence-electron chi connectivity index (χ3n) is 3.36. The van der Waals surface area contributed by atoms with Crippen molar-refractivity contribution in [2.24, 2.45) is 0 Å². The number of hydrogen-bond acceptors (Lipinski definition) is 5. The number of thiazole rings is 1. The number of aromatic nitrogens is 1. The first kappa shape index (κ1) is 19.9. The zero-order valence-corrected chi connectivity index (χ0v) is 17.1. The molecule has 0 saturated heterocycles. The van der Waals surface area contributed by atoms with Crippen molar-refractivity contribution in [2.75, 3.05) is 0 Å². The molecule has 0 atom stereocenters. The van der Waals surface area contributed by atoms with E-state index in [1.165, 1.54) is 0 Å². The maximum Gasteiger partial charge on any atom is 1.00 e. The van der Waals surface area contributed by atoms with Crippen LogP contribution >= 0.6 is 22.9 Å². The summed E-state index contributed by atoms with van der Waals surface area (Å²) >= 11 is 7.13. The van der Waals surface area contributed by atoms with Crippen molar-refractivity contribution in [3.63, 3.8) is 0 Å². The second-order valence-electron chi connectivity index (χ2n) is 5.13. The number of halogens is 1. The number of nitrogens with zero attached hydrogens (tertiary/aromatic N) is 1. The number of aromatic carboxylic acids is 1. The zero-order valence-electron chi connectivity index (χ0n) is 13.6. The summed E-state index contributed by atoms with van der Waals surface area (Å²) in [6, 6.07) is 15.2. The fraction of sp³-hybridized carbons (Fsp3) is 0.111. The molecule has 4 nitrogen and oxygen atoms in total. The molecule has 0 spiro atoms. The van der Waals surface area contributed by atoms with Crippen LogP contribution in [0.3, 0.4) is 0 Å². The van der Waals surface area contributed by atoms with Crippen molar-refractivity contribution in [2.45, 2.75) is 13.0 Å². The Bertz CT molecular complexity index is 855. The fourth-order valence-electron chi connectivity index (χ4n) is 2.24. The van der Waals surface area contributed by atoms with Crippen molar-refractivity contribution < 1.29 is 44.2 Å². The Labute approximate surface area is 176 Å². The summed E-state index contributed by atoms with van der Waals surface area (Å²) in [5, 5.41) is 13.1. The van der Waals surface area contributed by atoms with Crippen LogP contribution in [-0.2, 0) is 13.0 Å². The zero-order chi connectivity index (χ0) is 16.9. The van der Waals surface area contributed by atoms with E-state index in [0.717, 1.165) is 22.5 Å². The van der Waals surface area contributed by atoms with Gasteiger partial charge in [-0.3, -0.25) is 0 Å².